The summed E-state index contributed by atoms with van der Waals surface area (Å²) >= 11 is 0. The highest BCUT2D eigenvalue weighted by Gasteiger charge is 2.24. The Bertz CT molecular complexity index is 1000. The maximum atomic E-state index is 12.7. The highest BCUT2D eigenvalue weighted by atomic mass is 16.6. The summed E-state index contributed by atoms with van der Waals surface area (Å²) in [4.78, 5) is 27.6. The third kappa shape index (κ3) is 3.24. The first-order valence-corrected chi connectivity index (χ1v) is 8.43. The van der Waals surface area contributed by atoms with Crippen LogP contribution in [-0.4, -0.2) is 27.0 Å². The van der Waals surface area contributed by atoms with Gasteiger partial charge in [-0.1, -0.05) is 18.2 Å². The molecule has 1 N–H and O–H groups in total. The molecule has 1 aromatic heterocycles. The Morgan fingerprint density at radius 1 is 1.30 bits per heavy atom. The first kappa shape index (κ1) is 16.8. The molecular weight excluding hydrogens is 348 g/mol. The summed E-state index contributed by atoms with van der Waals surface area (Å²) in [6, 6.07) is 11.7. The normalized spacial score (nSPS) is 15.5. The van der Waals surface area contributed by atoms with E-state index in [4.69, 9.17) is 4.74 Å². The maximum absolute atomic E-state index is 12.7. The molecule has 1 atom stereocenters. The number of nitrogens with zero attached hydrogens (tertiary/aromatic N) is 3. The molecule has 2 heterocycles. The molecule has 0 fully saturated rings. The topological polar surface area (TPSA) is 99.3 Å². The molecule has 2 aromatic carbocycles. The highest BCUT2D eigenvalue weighted by molar-refractivity contribution is 5.95. The Balaban J connectivity index is 1.62. The van der Waals surface area contributed by atoms with E-state index in [2.05, 4.69) is 10.3 Å². The van der Waals surface area contributed by atoms with Gasteiger partial charge in [-0.05, 0) is 18.2 Å². The van der Waals surface area contributed by atoms with Crippen LogP contribution >= 0.6 is 0 Å². The minimum atomic E-state index is -0.504. The van der Waals surface area contributed by atoms with E-state index < -0.39 is 4.92 Å². The summed E-state index contributed by atoms with van der Waals surface area (Å²) < 4.78 is 7.14. The van der Waals surface area contributed by atoms with Crippen LogP contribution in [-0.2, 0) is 0 Å². The average Bonchev–Trinajstić information content (AvgIpc) is 3.22. The number of rotatable bonds is 4. The van der Waals surface area contributed by atoms with Gasteiger partial charge in [0.1, 0.15) is 11.4 Å². The van der Waals surface area contributed by atoms with Crippen LogP contribution in [0, 0.1) is 10.1 Å². The molecule has 8 nitrogen and oxygen atoms in total. The molecular formula is C19H16N4O4. The molecule has 8 heteroatoms. The van der Waals surface area contributed by atoms with Gasteiger partial charge in [-0.25, -0.2) is 4.98 Å². The zero-order valence-electron chi connectivity index (χ0n) is 14.2. The van der Waals surface area contributed by atoms with Crippen LogP contribution in [0.25, 0.3) is 5.69 Å². The maximum Gasteiger partial charge on any atom is 0.294 e. The molecule has 3 aromatic rings. The lowest BCUT2D eigenvalue weighted by Gasteiger charge is -2.26. The fourth-order valence-corrected chi connectivity index (χ4v) is 3.16. The van der Waals surface area contributed by atoms with Crippen LogP contribution in [0.15, 0.2) is 61.2 Å². The number of hydrogen-bond donors (Lipinski definition) is 1. The van der Waals surface area contributed by atoms with Crippen molar-refractivity contribution in [1.82, 2.24) is 14.9 Å². The lowest BCUT2D eigenvalue weighted by molar-refractivity contribution is -0.384. The van der Waals surface area contributed by atoms with Crippen LogP contribution < -0.4 is 10.1 Å². The molecule has 0 saturated carbocycles. The van der Waals surface area contributed by atoms with Crippen molar-refractivity contribution in [1.29, 1.82) is 0 Å². The van der Waals surface area contributed by atoms with Gasteiger partial charge in [0.15, 0.2) is 0 Å². The summed E-state index contributed by atoms with van der Waals surface area (Å²) in [7, 11) is 0. The van der Waals surface area contributed by atoms with E-state index in [1.165, 1.54) is 23.2 Å². The van der Waals surface area contributed by atoms with Gasteiger partial charge < -0.3 is 14.6 Å². The Hall–Kier alpha value is -3.68. The van der Waals surface area contributed by atoms with Crippen molar-refractivity contribution in [2.24, 2.45) is 0 Å². The molecule has 1 aliphatic rings. The zero-order valence-corrected chi connectivity index (χ0v) is 14.2. The number of ether oxygens (including phenoxy) is 1. The van der Waals surface area contributed by atoms with Crippen molar-refractivity contribution >= 4 is 11.6 Å². The number of benzene rings is 2. The van der Waals surface area contributed by atoms with Crippen LogP contribution in [0.5, 0.6) is 5.75 Å². The van der Waals surface area contributed by atoms with Crippen molar-refractivity contribution in [3.8, 4) is 11.4 Å². The summed E-state index contributed by atoms with van der Waals surface area (Å²) in [5.74, 6) is 0.382. The predicted octanol–water partition coefficient (Wildman–Crippen LogP) is 3.03. The van der Waals surface area contributed by atoms with Gasteiger partial charge >= 0.3 is 0 Å². The van der Waals surface area contributed by atoms with Gasteiger partial charge in [0.05, 0.1) is 23.9 Å². The van der Waals surface area contributed by atoms with Crippen LogP contribution in [0.1, 0.15) is 28.4 Å². The Morgan fingerprint density at radius 3 is 2.93 bits per heavy atom. The quantitative estimate of drug-likeness (QED) is 0.567. The van der Waals surface area contributed by atoms with Gasteiger partial charge in [0.2, 0.25) is 0 Å². The summed E-state index contributed by atoms with van der Waals surface area (Å²) in [5.41, 5.74) is 1.33. The SMILES string of the molecule is O=C(N[C@H]1CCOc2ccccc21)c1ccc(-n2ccnc2)c([N+](=O)[O-])c1. The number of amides is 1. The minimum absolute atomic E-state index is 0.159. The van der Waals surface area contributed by atoms with Crippen LogP contribution in [0.3, 0.4) is 0 Å². The number of para-hydroxylation sites is 1. The minimum Gasteiger partial charge on any atom is -0.493 e. The molecule has 0 unspecified atom stereocenters. The molecule has 0 aliphatic carbocycles. The molecule has 0 radical (unpaired) electrons. The monoisotopic (exact) mass is 364 g/mol. The number of fused-ring (bicyclic) bond motifs is 1. The molecule has 1 amide bonds. The van der Waals surface area contributed by atoms with Crippen molar-refractivity contribution in [3.63, 3.8) is 0 Å². The summed E-state index contributed by atoms with van der Waals surface area (Å²) in [6.45, 7) is 0.502. The number of aromatic nitrogens is 2. The number of imidazole rings is 1. The van der Waals surface area contributed by atoms with Crippen molar-refractivity contribution in [3.05, 3.63) is 82.4 Å². The Labute approximate surface area is 154 Å². The number of nitro groups is 1. The van der Waals surface area contributed by atoms with Crippen LogP contribution in [0.2, 0.25) is 0 Å². The third-order valence-electron chi connectivity index (χ3n) is 4.48. The largest absolute Gasteiger partial charge is 0.493 e. The number of nitrogens with one attached hydrogen (secondary N) is 1. The number of carbonyl (C=O) groups is 1. The van der Waals surface area contributed by atoms with Crippen molar-refractivity contribution in [2.45, 2.75) is 12.5 Å². The molecule has 0 spiro atoms. The second kappa shape index (κ2) is 6.91. The van der Waals surface area contributed by atoms with Gasteiger partial charge in [0, 0.05) is 36.0 Å². The van der Waals surface area contributed by atoms with E-state index >= 15 is 0 Å². The third-order valence-corrected chi connectivity index (χ3v) is 4.48. The van der Waals surface area contributed by atoms with E-state index in [-0.39, 0.29) is 23.2 Å². The van der Waals surface area contributed by atoms with E-state index in [1.54, 1.807) is 18.3 Å². The second-order valence-corrected chi connectivity index (χ2v) is 6.13. The predicted molar refractivity (Wildman–Crippen MR) is 97.0 cm³/mol. The summed E-state index contributed by atoms with van der Waals surface area (Å²) in [6.07, 6.45) is 5.26. The Kier molecular flexibility index (Phi) is 4.29. The lowest BCUT2D eigenvalue weighted by atomic mass is 10.00. The fraction of sp³-hybridized carbons (Fsp3) is 0.158. The van der Waals surface area contributed by atoms with E-state index in [0.717, 1.165) is 11.3 Å². The molecule has 4 rings (SSSR count). The van der Waals surface area contributed by atoms with Gasteiger partial charge in [-0.15, -0.1) is 0 Å². The first-order chi connectivity index (χ1) is 13.1. The van der Waals surface area contributed by atoms with Crippen LogP contribution in [0.4, 0.5) is 5.69 Å². The standard InChI is InChI=1S/C19H16N4O4/c24-19(21-15-7-10-27-18-4-2-1-3-14(15)18)13-5-6-16(17(11-13)23(25)26)22-9-8-20-12-22/h1-6,8-9,11-12,15H,7,10H2,(H,21,24)/t15-/m0/s1. The average molecular weight is 364 g/mol. The number of nitro benzene ring substituents is 1. The highest BCUT2D eigenvalue weighted by Crippen LogP contribution is 2.32. The number of hydrogen-bond acceptors (Lipinski definition) is 5. The second-order valence-electron chi connectivity index (χ2n) is 6.13. The van der Waals surface area contributed by atoms with E-state index in [1.807, 2.05) is 24.3 Å². The smallest absolute Gasteiger partial charge is 0.294 e. The van der Waals surface area contributed by atoms with Gasteiger partial charge in [-0.2, -0.15) is 0 Å². The Morgan fingerprint density at radius 2 is 2.15 bits per heavy atom. The zero-order chi connectivity index (χ0) is 18.8. The van der Waals surface area contributed by atoms with Crippen molar-refractivity contribution in [2.75, 3.05) is 6.61 Å². The first-order valence-electron chi connectivity index (χ1n) is 8.43. The number of carbonyl (C=O) groups excluding carboxylic acids is 1. The molecule has 136 valence electrons. The van der Waals surface area contributed by atoms with Gasteiger partial charge in [-0.3, -0.25) is 14.9 Å². The molecule has 0 bridgehead atoms. The molecule has 0 saturated heterocycles. The van der Waals surface area contributed by atoms with Gasteiger partial charge in [0.25, 0.3) is 11.6 Å². The lowest BCUT2D eigenvalue weighted by Crippen LogP contribution is -2.32. The fourth-order valence-electron chi connectivity index (χ4n) is 3.16. The summed E-state index contributed by atoms with van der Waals surface area (Å²) in [5, 5.41) is 14.4. The van der Waals surface area contributed by atoms with E-state index in [9.17, 15) is 14.9 Å². The van der Waals surface area contributed by atoms with Crippen molar-refractivity contribution < 1.29 is 14.5 Å². The molecule has 27 heavy (non-hydrogen) atoms. The van der Waals surface area contributed by atoms with E-state index in [0.29, 0.717) is 18.7 Å². The molecule has 1 aliphatic heterocycles.